The Morgan fingerprint density at radius 3 is 2.21 bits per heavy atom. The number of nitrogens with one attached hydrogen (secondary N) is 1. The van der Waals surface area contributed by atoms with Crippen LogP contribution in [0.5, 0.6) is 11.5 Å². The van der Waals surface area contributed by atoms with Gasteiger partial charge in [-0.25, -0.2) is 4.79 Å². The quantitative estimate of drug-likeness (QED) is 0.636. The molecule has 1 unspecified atom stereocenters. The molecule has 3 aromatic carbocycles. The smallest absolute Gasteiger partial charge is 0.339 e. The topological polar surface area (TPSA) is 84.9 Å². The van der Waals surface area contributed by atoms with Crippen molar-refractivity contribution in [1.29, 1.82) is 0 Å². The maximum absolute atomic E-state index is 13.0. The first kappa shape index (κ1) is 19.0. The van der Waals surface area contributed by atoms with Gasteiger partial charge in [-0.15, -0.1) is 0 Å². The van der Waals surface area contributed by atoms with E-state index in [9.17, 15) is 14.7 Å². The maximum Gasteiger partial charge on any atom is 0.339 e. The minimum atomic E-state index is -0.962. The van der Waals surface area contributed by atoms with Crippen molar-refractivity contribution in [2.75, 3.05) is 12.4 Å². The molecule has 0 aromatic heterocycles. The molecule has 0 bridgehead atoms. The van der Waals surface area contributed by atoms with E-state index in [1.54, 1.807) is 60.7 Å². The van der Waals surface area contributed by atoms with Crippen LogP contribution in [0.2, 0.25) is 0 Å². The SMILES string of the molecule is COC(=O)c1ccccc1NC(=O)C(Oc1ccc(O)cc1)c1ccccc1. The predicted molar refractivity (Wildman–Crippen MR) is 104 cm³/mol. The number of rotatable bonds is 6. The van der Waals surface area contributed by atoms with Gasteiger partial charge in [0.15, 0.2) is 0 Å². The number of carbonyl (C=O) groups is 2. The molecule has 0 aliphatic heterocycles. The normalized spacial score (nSPS) is 11.3. The zero-order valence-corrected chi connectivity index (χ0v) is 15.2. The number of methoxy groups -OCH3 is 1. The first-order valence-corrected chi connectivity index (χ1v) is 8.57. The second kappa shape index (κ2) is 8.73. The number of hydrogen-bond donors (Lipinski definition) is 2. The fourth-order valence-corrected chi connectivity index (χ4v) is 2.64. The van der Waals surface area contributed by atoms with Crippen molar-refractivity contribution in [3.05, 3.63) is 90.0 Å². The molecule has 142 valence electrons. The fraction of sp³-hybridized carbons (Fsp3) is 0.0909. The minimum absolute atomic E-state index is 0.0973. The Morgan fingerprint density at radius 2 is 1.54 bits per heavy atom. The van der Waals surface area contributed by atoms with Crippen LogP contribution in [0.15, 0.2) is 78.9 Å². The van der Waals surface area contributed by atoms with Crippen LogP contribution in [0, 0.1) is 0 Å². The van der Waals surface area contributed by atoms with Crippen molar-refractivity contribution in [2.24, 2.45) is 0 Å². The number of hydrogen-bond acceptors (Lipinski definition) is 5. The molecule has 0 spiro atoms. The summed E-state index contributed by atoms with van der Waals surface area (Å²) in [6.07, 6.45) is -0.962. The van der Waals surface area contributed by atoms with Crippen molar-refractivity contribution >= 4 is 17.6 Å². The lowest BCUT2D eigenvalue weighted by atomic mass is 10.1. The molecule has 3 aromatic rings. The Balaban J connectivity index is 1.89. The third-order valence-corrected chi connectivity index (χ3v) is 4.02. The van der Waals surface area contributed by atoms with E-state index in [0.29, 0.717) is 17.0 Å². The molecule has 0 saturated carbocycles. The van der Waals surface area contributed by atoms with Gasteiger partial charge in [0.2, 0.25) is 6.10 Å². The van der Waals surface area contributed by atoms with Crippen LogP contribution >= 0.6 is 0 Å². The highest BCUT2D eigenvalue weighted by molar-refractivity contribution is 6.02. The lowest BCUT2D eigenvalue weighted by Gasteiger charge is -2.20. The van der Waals surface area contributed by atoms with Crippen LogP contribution in [0.25, 0.3) is 0 Å². The highest BCUT2D eigenvalue weighted by Gasteiger charge is 2.24. The van der Waals surface area contributed by atoms with E-state index >= 15 is 0 Å². The molecule has 6 nitrogen and oxygen atoms in total. The first-order valence-electron chi connectivity index (χ1n) is 8.57. The molecule has 0 aliphatic carbocycles. The highest BCUT2D eigenvalue weighted by Crippen LogP contribution is 2.26. The van der Waals surface area contributed by atoms with Crippen LogP contribution in [-0.4, -0.2) is 24.1 Å². The molecular formula is C22H19NO5. The van der Waals surface area contributed by atoms with Gasteiger partial charge in [-0.2, -0.15) is 0 Å². The van der Waals surface area contributed by atoms with E-state index in [0.717, 1.165) is 0 Å². The van der Waals surface area contributed by atoms with Gasteiger partial charge in [0, 0.05) is 5.56 Å². The van der Waals surface area contributed by atoms with Crippen molar-refractivity contribution in [3.8, 4) is 11.5 Å². The number of para-hydroxylation sites is 1. The molecular weight excluding hydrogens is 358 g/mol. The second-order valence-electron chi connectivity index (χ2n) is 5.93. The van der Waals surface area contributed by atoms with E-state index in [4.69, 9.17) is 9.47 Å². The third kappa shape index (κ3) is 4.48. The molecule has 0 heterocycles. The van der Waals surface area contributed by atoms with Crippen LogP contribution < -0.4 is 10.1 Å². The zero-order chi connectivity index (χ0) is 19.9. The van der Waals surface area contributed by atoms with E-state index < -0.39 is 18.0 Å². The summed E-state index contributed by atoms with van der Waals surface area (Å²) in [4.78, 5) is 25.0. The summed E-state index contributed by atoms with van der Waals surface area (Å²) in [6, 6.07) is 21.7. The summed E-state index contributed by atoms with van der Waals surface area (Å²) in [7, 11) is 1.28. The number of phenolic OH excluding ortho intramolecular Hbond substituents is 1. The van der Waals surface area contributed by atoms with Crippen LogP contribution in [-0.2, 0) is 9.53 Å². The van der Waals surface area contributed by atoms with Gasteiger partial charge in [0.05, 0.1) is 18.4 Å². The van der Waals surface area contributed by atoms with Crippen LogP contribution in [0.3, 0.4) is 0 Å². The van der Waals surface area contributed by atoms with Crippen molar-refractivity contribution in [1.82, 2.24) is 0 Å². The first-order chi connectivity index (χ1) is 13.6. The summed E-state index contributed by atoms with van der Waals surface area (Å²) < 4.78 is 10.6. The molecule has 0 radical (unpaired) electrons. The number of amides is 1. The lowest BCUT2D eigenvalue weighted by molar-refractivity contribution is -0.123. The van der Waals surface area contributed by atoms with E-state index in [1.165, 1.54) is 19.2 Å². The number of carbonyl (C=O) groups excluding carboxylic acids is 2. The molecule has 3 rings (SSSR count). The highest BCUT2D eigenvalue weighted by atomic mass is 16.5. The molecule has 1 amide bonds. The molecule has 0 saturated heterocycles. The minimum Gasteiger partial charge on any atom is -0.508 e. The summed E-state index contributed by atoms with van der Waals surface area (Å²) in [5, 5.41) is 12.2. The number of esters is 1. The van der Waals surface area contributed by atoms with Crippen molar-refractivity contribution in [2.45, 2.75) is 6.10 Å². The second-order valence-corrected chi connectivity index (χ2v) is 5.93. The summed E-state index contributed by atoms with van der Waals surface area (Å²) in [5.41, 5.74) is 1.22. The predicted octanol–water partition coefficient (Wildman–Crippen LogP) is 3.94. The van der Waals surface area contributed by atoms with Gasteiger partial charge in [-0.05, 0) is 36.4 Å². The Morgan fingerprint density at radius 1 is 0.893 bits per heavy atom. The van der Waals surface area contributed by atoms with E-state index in [2.05, 4.69) is 5.32 Å². The van der Waals surface area contributed by atoms with Gasteiger partial charge in [0.25, 0.3) is 5.91 Å². The Hall–Kier alpha value is -3.80. The average molecular weight is 377 g/mol. The Labute approximate surface area is 162 Å². The summed E-state index contributed by atoms with van der Waals surface area (Å²) >= 11 is 0. The molecule has 28 heavy (non-hydrogen) atoms. The standard InChI is InChI=1S/C22H19NO5/c1-27-22(26)18-9-5-6-10-19(18)23-21(25)20(15-7-3-2-4-8-15)28-17-13-11-16(24)12-14-17/h2-14,20,24H,1H3,(H,23,25). The molecule has 6 heteroatoms. The summed E-state index contributed by atoms with van der Waals surface area (Å²) in [5.74, 6) is -0.481. The maximum atomic E-state index is 13.0. The number of anilines is 1. The zero-order valence-electron chi connectivity index (χ0n) is 15.2. The number of aromatic hydroxyl groups is 1. The Kier molecular flexibility index (Phi) is 5.91. The number of ether oxygens (including phenoxy) is 2. The van der Waals surface area contributed by atoms with Gasteiger partial charge in [-0.1, -0.05) is 42.5 Å². The monoisotopic (exact) mass is 377 g/mol. The van der Waals surface area contributed by atoms with Gasteiger partial charge < -0.3 is 19.9 Å². The van der Waals surface area contributed by atoms with Crippen LogP contribution in [0.1, 0.15) is 22.0 Å². The number of phenols is 1. The largest absolute Gasteiger partial charge is 0.508 e. The Bertz CT molecular complexity index is 954. The fourth-order valence-electron chi connectivity index (χ4n) is 2.64. The molecule has 0 fully saturated rings. The van der Waals surface area contributed by atoms with Gasteiger partial charge in [-0.3, -0.25) is 4.79 Å². The number of benzene rings is 3. The summed E-state index contributed by atoms with van der Waals surface area (Å²) in [6.45, 7) is 0. The van der Waals surface area contributed by atoms with E-state index in [1.807, 2.05) is 6.07 Å². The van der Waals surface area contributed by atoms with Crippen LogP contribution in [0.4, 0.5) is 5.69 Å². The van der Waals surface area contributed by atoms with E-state index in [-0.39, 0.29) is 11.3 Å². The van der Waals surface area contributed by atoms with Crippen molar-refractivity contribution in [3.63, 3.8) is 0 Å². The lowest BCUT2D eigenvalue weighted by Crippen LogP contribution is -2.26. The average Bonchev–Trinajstić information content (AvgIpc) is 2.73. The molecule has 1 atom stereocenters. The van der Waals surface area contributed by atoms with Crippen molar-refractivity contribution < 1.29 is 24.2 Å². The van der Waals surface area contributed by atoms with Gasteiger partial charge in [0.1, 0.15) is 11.5 Å². The molecule has 2 N–H and O–H groups in total. The third-order valence-electron chi connectivity index (χ3n) is 4.02. The van der Waals surface area contributed by atoms with Gasteiger partial charge >= 0.3 is 5.97 Å². The molecule has 0 aliphatic rings.